The molecule has 2 rings (SSSR count). The SMILES string of the molecule is CCC1(OC(C)=O)CNCCN1c1ccc(Br)cn1. The molecule has 0 bridgehead atoms. The molecule has 5 nitrogen and oxygen atoms in total. The van der Waals surface area contributed by atoms with Gasteiger partial charge in [-0.1, -0.05) is 6.92 Å². The summed E-state index contributed by atoms with van der Waals surface area (Å²) in [5, 5.41) is 3.29. The smallest absolute Gasteiger partial charge is 0.304 e. The summed E-state index contributed by atoms with van der Waals surface area (Å²) >= 11 is 3.38. The van der Waals surface area contributed by atoms with Gasteiger partial charge in [0.25, 0.3) is 0 Å². The number of carbonyl (C=O) groups is 1. The molecule has 2 heterocycles. The second kappa shape index (κ2) is 5.88. The largest absolute Gasteiger partial charge is 0.438 e. The zero-order valence-electron chi connectivity index (χ0n) is 11.1. The van der Waals surface area contributed by atoms with Gasteiger partial charge in [0.1, 0.15) is 5.82 Å². The Morgan fingerprint density at radius 2 is 2.42 bits per heavy atom. The van der Waals surface area contributed by atoms with Crippen molar-refractivity contribution in [1.29, 1.82) is 0 Å². The van der Waals surface area contributed by atoms with Gasteiger partial charge in [0.15, 0.2) is 5.72 Å². The molecule has 1 aliphatic rings. The fourth-order valence-electron chi connectivity index (χ4n) is 2.37. The molecule has 0 amide bonds. The Morgan fingerprint density at radius 3 is 3.00 bits per heavy atom. The van der Waals surface area contributed by atoms with Crippen LogP contribution in [0.15, 0.2) is 22.8 Å². The predicted molar refractivity (Wildman–Crippen MR) is 76.9 cm³/mol. The van der Waals surface area contributed by atoms with Gasteiger partial charge in [-0.2, -0.15) is 0 Å². The highest BCUT2D eigenvalue weighted by Crippen LogP contribution is 2.29. The van der Waals surface area contributed by atoms with Crippen LogP contribution in [-0.4, -0.2) is 36.3 Å². The zero-order valence-corrected chi connectivity index (χ0v) is 12.7. The number of nitrogens with zero attached hydrogens (tertiary/aromatic N) is 2. The van der Waals surface area contributed by atoms with E-state index in [0.29, 0.717) is 13.0 Å². The average Bonchev–Trinajstić information content (AvgIpc) is 2.40. The summed E-state index contributed by atoms with van der Waals surface area (Å²) in [6.45, 7) is 5.68. The number of hydrogen-bond donors (Lipinski definition) is 1. The molecule has 1 aliphatic heterocycles. The van der Waals surface area contributed by atoms with Crippen LogP contribution >= 0.6 is 15.9 Å². The second-order valence-corrected chi connectivity index (χ2v) is 5.47. The van der Waals surface area contributed by atoms with Gasteiger partial charge in [-0.25, -0.2) is 4.98 Å². The number of esters is 1. The van der Waals surface area contributed by atoms with Gasteiger partial charge in [0.2, 0.25) is 0 Å². The Morgan fingerprint density at radius 1 is 1.63 bits per heavy atom. The van der Waals surface area contributed by atoms with E-state index >= 15 is 0 Å². The molecule has 19 heavy (non-hydrogen) atoms. The first-order valence-electron chi connectivity index (χ1n) is 6.37. The molecule has 0 spiro atoms. The number of piperazine rings is 1. The summed E-state index contributed by atoms with van der Waals surface area (Å²) in [4.78, 5) is 17.9. The lowest BCUT2D eigenvalue weighted by atomic mass is 10.1. The molecule has 1 unspecified atom stereocenters. The molecule has 6 heteroatoms. The van der Waals surface area contributed by atoms with Crippen molar-refractivity contribution in [3.8, 4) is 0 Å². The van der Waals surface area contributed by atoms with E-state index in [1.54, 1.807) is 6.20 Å². The molecular weight excluding hydrogens is 310 g/mol. The third kappa shape index (κ3) is 3.06. The fourth-order valence-corrected chi connectivity index (χ4v) is 2.61. The molecule has 1 atom stereocenters. The molecular formula is C13H18BrN3O2. The van der Waals surface area contributed by atoms with Crippen molar-refractivity contribution in [3.05, 3.63) is 22.8 Å². The number of ether oxygens (including phenoxy) is 1. The predicted octanol–water partition coefficient (Wildman–Crippen LogP) is 1.92. The maximum Gasteiger partial charge on any atom is 0.304 e. The third-order valence-electron chi connectivity index (χ3n) is 3.28. The van der Waals surface area contributed by atoms with E-state index in [-0.39, 0.29) is 5.97 Å². The van der Waals surface area contributed by atoms with Gasteiger partial charge in [0.05, 0.1) is 6.54 Å². The molecule has 104 valence electrons. The Hall–Kier alpha value is -1.14. The summed E-state index contributed by atoms with van der Waals surface area (Å²) in [6.07, 6.45) is 2.46. The highest BCUT2D eigenvalue weighted by molar-refractivity contribution is 9.10. The van der Waals surface area contributed by atoms with Crippen LogP contribution < -0.4 is 10.2 Å². The third-order valence-corrected chi connectivity index (χ3v) is 3.75. The lowest BCUT2D eigenvalue weighted by Gasteiger charge is -2.46. The number of rotatable bonds is 3. The van der Waals surface area contributed by atoms with Crippen LogP contribution in [0, 0.1) is 0 Å². The molecule has 1 aromatic heterocycles. The first kappa shape index (κ1) is 14.3. The van der Waals surface area contributed by atoms with E-state index in [1.807, 2.05) is 19.1 Å². The standard InChI is InChI=1S/C13H18BrN3O2/c1-3-13(19-10(2)18)9-15-6-7-17(13)12-5-4-11(14)8-16-12/h4-5,8,15H,3,6-7,9H2,1-2H3. The normalized spacial score (nSPS) is 23.2. The van der Waals surface area contributed by atoms with Crippen molar-refractivity contribution >= 4 is 27.7 Å². The molecule has 0 aromatic carbocycles. The van der Waals surface area contributed by atoms with E-state index < -0.39 is 5.72 Å². The fraction of sp³-hybridized carbons (Fsp3) is 0.538. The molecule has 1 saturated heterocycles. The van der Waals surface area contributed by atoms with Crippen LogP contribution in [0.1, 0.15) is 20.3 Å². The number of aromatic nitrogens is 1. The van der Waals surface area contributed by atoms with Crippen LogP contribution in [0.5, 0.6) is 0 Å². The van der Waals surface area contributed by atoms with E-state index in [4.69, 9.17) is 4.74 Å². The highest BCUT2D eigenvalue weighted by Gasteiger charge is 2.41. The molecule has 0 saturated carbocycles. The molecule has 1 aromatic rings. The number of anilines is 1. The van der Waals surface area contributed by atoms with Gasteiger partial charge >= 0.3 is 5.97 Å². The maximum absolute atomic E-state index is 11.4. The van der Waals surface area contributed by atoms with Crippen molar-refractivity contribution in [2.75, 3.05) is 24.5 Å². The summed E-state index contributed by atoms with van der Waals surface area (Å²) in [5.41, 5.74) is -0.648. The van der Waals surface area contributed by atoms with Gasteiger partial charge in [-0.3, -0.25) is 4.79 Å². The first-order valence-corrected chi connectivity index (χ1v) is 7.16. The first-order chi connectivity index (χ1) is 9.07. The van der Waals surface area contributed by atoms with Gasteiger partial charge in [-0.15, -0.1) is 0 Å². The zero-order chi connectivity index (χ0) is 13.9. The molecule has 1 fully saturated rings. The van der Waals surface area contributed by atoms with E-state index in [1.165, 1.54) is 6.92 Å². The Balaban J connectivity index is 2.33. The van der Waals surface area contributed by atoms with Crippen LogP contribution in [0.4, 0.5) is 5.82 Å². The summed E-state index contributed by atoms with van der Waals surface area (Å²) in [6, 6.07) is 3.88. The van der Waals surface area contributed by atoms with Crippen molar-refractivity contribution in [1.82, 2.24) is 10.3 Å². The van der Waals surface area contributed by atoms with E-state index in [0.717, 1.165) is 23.4 Å². The maximum atomic E-state index is 11.4. The highest BCUT2D eigenvalue weighted by atomic mass is 79.9. The van der Waals surface area contributed by atoms with Crippen molar-refractivity contribution in [2.24, 2.45) is 0 Å². The Labute approximate surface area is 121 Å². The topological polar surface area (TPSA) is 54.5 Å². The Kier molecular flexibility index (Phi) is 4.42. The lowest BCUT2D eigenvalue weighted by molar-refractivity contribution is -0.158. The number of pyridine rings is 1. The molecule has 0 aliphatic carbocycles. The number of halogens is 1. The molecule has 1 N–H and O–H groups in total. The summed E-state index contributed by atoms with van der Waals surface area (Å²) in [7, 11) is 0. The quantitative estimate of drug-likeness (QED) is 0.859. The average molecular weight is 328 g/mol. The minimum absolute atomic E-state index is 0.271. The van der Waals surface area contributed by atoms with E-state index in [2.05, 4.69) is 31.1 Å². The second-order valence-electron chi connectivity index (χ2n) is 4.56. The lowest BCUT2D eigenvalue weighted by Crippen LogP contribution is -2.63. The van der Waals surface area contributed by atoms with Crippen LogP contribution in [0.2, 0.25) is 0 Å². The van der Waals surface area contributed by atoms with Gasteiger partial charge < -0.3 is 15.0 Å². The van der Waals surface area contributed by atoms with Crippen molar-refractivity contribution < 1.29 is 9.53 Å². The van der Waals surface area contributed by atoms with Crippen molar-refractivity contribution in [2.45, 2.75) is 26.0 Å². The molecule has 0 radical (unpaired) electrons. The number of nitrogens with one attached hydrogen (secondary N) is 1. The van der Waals surface area contributed by atoms with Crippen LogP contribution in [-0.2, 0) is 9.53 Å². The van der Waals surface area contributed by atoms with Gasteiger partial charge in [0, 0.05) is 37.1 Å². The summed E-state index contributed by atoms with van der Waals surface area (Å²) in [5.74, 6) is 0.556. The summed E-state index contributed by atoms with van der Waals surface area (Å²) < 4.78 is 6.53. The van der Waals surface area contributed by atoms with Crippen LogP contribution in [0.25, 0.3) is 0 Å². The van der Waals surface area contributed by atoms with Crippen molar-refractivity contribution in [3.63, 3.8) is 0 Å². The minimum atomic E-state index is -0.648. The number of hydrogen-bond acceptors (Lipinski definition) is 5. The van der Waals surface area contributed by atoms with Gasteiger partial charge in [-0.05, 0) is 28.1 Å². The minimum Gasteiger partial charge on any atom is -0.438 e. The monoisotopic (exact) mass is 327 g/mol. The Bertz CT molecular complexity index is 452. The van der Waals surface area contributed by atoms with Crippen LogP contribution in [0.3, 0.4) is 0 Å². The van der Waals surface area contributed by atoms with E-state index in [9.17, 15) is 4.79 Å². The number of carbonyl (C=O) groups excluding carboxylic acids is 1.